The van der Waals surface area contributed by atoms with E-state index >= 15 is 0 Å². The van der Waals surface area contributed by atoms with E-state index in [1.807, 2.05) is 0 Å². The molecule has 0 aliphatic heterocycles. The Labute approximate surface area is 377 Å². The van der Waals surface area contributed by atoms with Gasteiger partial charge in [0.25, 0.3) is 0 Å². The van der Waals surface area contributed by atoms with Gasteiger partial charge >= 0.3 is 0 Å². The number of aryl methyl sites for hydroxylation is 1. The van der Waals surface area contributed by atoms with Crippen molar-refractivity contribution in [2.24, 2.45) is 0 Å². The van der Waals surface area contributed by atoms with Crippen LogP contribution >= 0.6 is 0 Å². The SMILES string of the molecule is CC1(C)c2ccccc2-c2cccc(-c3ccccc3-c3ccc(N(c4ccc5c(c4)C4(CCc6ccccc64)c4ccccc4-5)c4cccc5c4C(C)(C)c4ccccc4-5)cc3)c21. The zero-order valence-electron chi connectivity index (χ0n) is 36.9. The van der Waals surface area contributed by atoms with Gasteiger partial charge in [0.1, 0.15) is 0 Å². The van der Waals surface area contributed by atoms with E-state index in [1.165, 1.54) is 112 Å². The van der Waals surface area contributed by atoms with Gasteiger partial charge in [0.15, 0.2) is 0 Å². The molecule has 0 radical (unpaired) electrons. The smallest absolute Gasteiger partial charge is 0.0508 e. The molecular formula is C63H49N. The summed E-state index contributed by atoms with van der Waals surface area (Å²) >= 11 is 0. The fourth-order valence-corrected chi connectivity index (χ4v) is 12.9. The molecule has 306 valence electrons. The third-order valence-electron chi connectivity index (χ3n) is 15.7. The summed E-state index contributed by atoms with van der Waals surface area (Å²) in [5.74, 6) is 0. The molecule has 0 fully saturated rings. The fraction of sp³-hybridized carbons (Fsp3) is 0.143. The van der Waals surface area contributed by atoms with E-state index in [2.05, 4.69) is 233 Å². The van der Waals surface area contributed by atoms with Crippen LogP contribution in [0, 0.1) is 0 Å². The van der Waals surface area contributed by atoms with Crippen molar-refractivity contribution in [3.8, 4) is 55.6 Å². The summed E-state index contributed by atoms with van der Waals surface area (Å²) < 4.78 is 0. The topological polar surface area (TPSA) is 3.24 Å². The van der Waals surface area contributed by atoms with Gasteiger partial charge in [0.2, 0.25) is 0 Å². The van der Waals surface area contributed by atoms with E-state index in [1.54, 1.807) is 0 Å². The highest BCUT2D eigenvalue weighted by Gasteiger charge is 2.49. The first-order valence-electron chi connectivity index (χ1n) is 23.1. The molecule has 1 unspecified atom stereocenters. The number of hydrogen-bond acceptors (Lipinski definition) is 1. The lowest BCUT2D eigenvalue weighted by molar-refractivity contribution is 0.626. The Bertz CT molecular complexity index is 3400. The van der Waals surface area contributed by atoms with Crippen molar-refractivity contribution in [2.75, 3.05) is 4.90 Å². The van der Waals surface area contributed by atoms with Gasteiger partial charge in [-0.25, -0.2) is 0 Å². The van der Waals surface area contributed by atoms with Crippen LogP contribution in [0.3, 0.4) is 0 Å². The lowest BCUT2D eigenvalue weighted by atomic mass is 9.73. The van der Waals surface area contributed by atoms with E-state index < -0.39 is 0 Å². The summed E-state index contributed by atoms with van der Waals surface area (Å²) in [5, 5.41) is 0. The van der Waals surface area contributed by atoms with Crippen molar-refractivity contribution in [1.82, 2.24) is 0 Å². The fourth-order valence-electron chi connectivity index (χ4n) is 12.9. The summed E-state index contributed by atoms with van der Waals surface area (Å²) in [6.45, 7) is 9.59. The minimum absolute atomic E-state index is 0.111. The second-order valence-corrected chi connectivity index (χ2v) is 19.5. The molecule has 1 heteroatoms. The predicted octanol–water partition coefficient (Wildman–Crippen LogP) is 16.4. The molecule has 0 saturated heterocycles. The average molecular weight is 820 g/mol. The molecule has 13 rings (SSSR count). The van der Waals surface area contributed by atoms with Crippen LogP contribution in [-0.4, -0.2) is 0 Å². The molecule has 64 heavy (non-hydrogen) atoms. The average Bonchev–Trinajstić information content (AvgIpc) is 4.01. The van der Waals surface area contributed by atoms with E-state index in [0.29, 0.717) is 0 Å². The third kappa shape index (κ3) is 4.96. The van der Waals surface area contributed by atoms with Crippen LogP contribution in [0.25, 0.3) is 55.6 Å². The van der Waals surface area contributed by atoms with Gasteiger partial charge < -0.3 is 4.90 Å². The van der Waals surface area contributed by atoms with Crippen molar-refractivity contribution < 1.29 is 0 Å². The Balaban J connectivity index is 0.992. The number of anilines is 3. The van der Waals surface area contributed by atoms with Gasteiger partial charge in [-0.05, 0) is 143 Å². The number of fused-ring (bicyclic) bond motifs is 13. The largest absolute Gasteiger partial charge is 0.310 e. The molecule has 1 spiro atoms. The Morgan fingerprint density at radius 1 is 0.344 bits per heavy atom. The second kappa shape index (κ2) is 13.4. The normalized spacial score (nSPS) is 17.2. The summed E-state index contributed by atoms with van der Waals surface area (Å²) in [6, 6.07) is 75.9. The number of hydrogen-bond donors (Lipinski definition) is 0. The molecule has 0 bridgehead atoms. The standard InChI is InChI=1S/C63H49N/c1-61(2)54-27-12-8-21-47(54)51-24-15-23-50(59(51)61)45-19-7-6-18-44(45)40-31-33-42(34-32-40)64(58-30-16-25-52-48-22-9-13-28-55(48)62(3,4)60(52)58)43-35-36-49-46-20-10-14-29-56(46)63(57(49)39-43)38-37-41-17-5-11-26-53(41)63/h5-36,39H,37-38H2,1-4H3. The molecule has 4 aliphatic rings. The highest BCUT2D eigenvalue weighted by Crippen LogP contribution is 2.60. The second-order valence-electron chi connectivity index (χ2n) is 19.5. The van der Waals surface area contributed by atoms with Crippen LogP contribution in [0.4, 0.5) is 17.1 Å². The minimum Gasteiger partial charge on any atom is -0.310 e. The van der Waals surface area contributed by atoms with Crippen molar-refractivity contribution in [3.05, 3.63) is 245 Å². The number of benzene rings is 9. The van der Waals surface area contributed by atoms with Crippen LogP contribution < -0.4 is 4.90 Å². The van der Waals surface area contributed by atoms with Crippen LogP contribution in [0.2, 0.25) is 0 Å². The van der Waals surface area contributed by atoms with Gasteiger partial charge in [0.05, 0.1) is 5.69 Å². The molecule has 0 aromatic heterocycles. The number of nitrogens with zero attached hydrogens (tertiary/aromatic N) is 1. The van der Waals surface area contributed by atoms with Crippen LogP contribution in [-0.2, 0) is 22.7 Å². The van der Waals surface area contributed by atoms with E-state index in [4.69, 9.17) is 0 Å². The quantitative estimate of drug-likeness (QED) is 0.167. The zero-order chi connectivity index (χ0) is 43.0. The van der Waals surface area contributed by atoms with Crippen molar-refractivity contribution in [2.45, 2.75) is 56.8 Å². The maximum Gasteiger partial charge on any atom is 0.0508 e. The summed E-state index contributed by atoms with van der Waals surface area (Å²) in [5.41, 5.74) is 27.5. The zero-order valence-corrected chi connectivity index (χ0v) is 36.9. The third-order valence-corrected chi connectivity index (χ3v) is 15.7. The lowest BCUT2D eigenvalue weighted by Gasteiger charge is -2.34. The van der Waals surface area contributed by atoms with Crippen LogP contribution in [0.5, 0.6) is 0 Å². The lowest BCUT2D eigenvalue weighted by Crippen LogP contribution is -2.24. The first-order valence-corrected chi connectivity index (χ1v) is 23.1. The number of rotatable bonds is 5. The summed E-state index contributed by atoms with van der Waals surface area (Å²) in [7, 11) is 0. The monoisotopic (exact) mass is 819 g/mol. The van der Waals surface area contributed by atoms with Crippen molar-refractivity contribution in [1.29, 1.82) is 0 Å². The Kier molecular flexibility index (Phi) is 7.82. The van der Waals surface area contributed by atoms with Gasteiger partial charge in [-0.1, -0.05) is 198 Å². The summed E-state index contributed by atoms with van der Waals surface area (Å²) in [6.07, 6.45) is 2.15. The van der Waals surface area contributed by atoms with Crippen molar-refractivity contribution >= 4 is 17.1 Å². The maximum absolute atomic E-state index is 2.56. The molecule has 0 N–H and O–H groups in total. The van der Waals surface area contributed by atoms with Gasteiger partial charge in [-0.3, -0.25) is 0 Å². The predicted molar refractivity (Wildman–Crippen MR) is 267 cm³/mol. The molecule has 0 amide bonds. The molecular weight excluding hydrogens is 771 g/mol. The molecule has 9 aromatic carbocycles. The molecule has 4 aliphatic carbocycles. The van der Waals surface area contributed by atoms with Gasteiger partial charge in [0, 0.05) is 27.6 Å². The summed E-state index contributed by atoms with van der Waals surface area (Å²) in [4.78, 5) is 2.56. The highest BCUT2D eigenvalue weighted by molar-refractivity contribution is 5.95. The molecule has 0 saturated carbocycles. The molecule has 0 heterocycles. The van der Waals surface area contributed by atoms with Crippen LogP contribution in [0.15, 0.2) is 200 Å². The first kappa shape index (κ1) is 37.3. The minimum atomic E-state index is -0.193. The Morgan fingerprint density at radius 3 is 1.50 bits per heavy atom. The van der Waals surface area contributed by atoms with Crippen LogP contribution in [0.1, 0.15) is 78.6 Å². The Morgan fingerprint density at radius 2 is 0.812 bits per heavy atom. The van der Waals surface area contributed by atoms with E-state index in [-0.39, 0.29) is 16.2 Å². The van der Waals surface area contributed by atoms with Gasteiger partial charge in [-0.15, -0.1) is 0 Å². The maximum atomic E-state index is 2.56. The highest BCUT2D eigenvalue weighted by atomic mass is 15.1. The van der Waals surface area contributed by atoms with Crippen molar-refractivity contribution in [3.63, 3.8) is 0 Å². The van der Waals surface area contributed by atoms with E-state index in [9.17, 15) is 0 Å². The van der Waals surface area contributed by atoms with E-state index in [0.717, 1.165) is 18.5 Å². The molecule has 9 aromatic rings. The first-order chi connectivity index (χ1) is 31.3. The molecule has 1 atom stereocenters. The molecule has 1 nitrogen and oxygen atoms in total. The van der Waals surface area contributed by atoms with Gasteiger partial charge in [-0.2, -0.15) is 0 Å². The Hall–Kier alpha value is -7.22.